The summed E-state index contributed by atoms with van der Waals surface area (Å²) in [5, 5.41) is 22.4. The number of imidazole rings is 2. The van der Waals surface area contributed by atoms with Gasteiger partial charge in [-0.05, 0) is 79.1 Å². The van der Waals surface area contributed by atoms with E-state index in [9.17, 15) is 0 Å². The van der Waals surface area contributed by atoms with Crippen LogP contribution in [0.15, 0.2) is 68.2 Å². The van der Waals surface area contributed by atoms with Crippen molar-refractivity contribution in [1.29, 1.82) is 0 Å². The van der Waals surface area contributed by atoms with Gasteiger partial charge in [0.2, 0.25) is 0 Å². The molecule has 5 N–H and O–H groups in total. The smallest absolute Gasteiger partial charge is 0.181 e. The molecular weight excluding hydrogens is 769 g/mol. The predicted octanol–water partition coefficient (Wildman–Crippen LogP) is 5.52. The van der Waals surface area contributed by atoms with E-state index in [0.717, 1.165) is 106 Å². The van der Waals surface area contributed by atoms with E-state index in [1.165, 1.54) is 23.1 Å². The number of anilines is 4. The molecule has 1 atom stereocenters. The van der Waals surface area contributed by atoms with Crippen LogP contribution in [0.25, 0.3) is 39.8 Å². The third kappa shape index (κ3) is 7.20. The first-order valence-corrected chi connectivity index (χ1v) is 20.8. The highest BCUT2D eigenvalue weighted by Crippen LogP contribution is 2.32. The van der Waals surface area contributed by atoms with E-state index in [4.69, 9.17) is 29.4 Å². The number of nitrogens with zero attached hydrogens (tertiary/aromatic N) is 11. The van der Waals surface area contributed by atoms with Crippen LogP contribution in [0.1, 0.15) is 53.7 Å². The molecule has 0 spiro atoms. The van der Waals surface area contributed by atoms with Crippen molar-refractivity contribution >= 4 is 73.2 Å². The van der Waals surface area contributed by atoms with Crippen LogP contribution in [0, 0.1) is 12.0 Å². The van der Waals surface area contributed by atoms with Crippen molar-refractivity contribution in [2.24, 2.45) is 0 Å². The average Bonchev–Trinajstić information content (AvgIpc) is 4.11. The van der Waals surface area contributed by atoms with Crippen molar-refractivity contribution in [3.05, 3.63) is 96.6 Å². The molecule has 58 heavy (non-hydrogen) atoms. The average molecular weight is 809 g/mol. The summed E-state index contributed by atoms with van der Waals surface area (Å²) >= 11 is 2.82. The first-order chi connectivity index (χ1) is 28.5. The maximum Gasteiger partial charge on any atom is 0.181 e. The topological polar surface area (TPSA) is 167 Å². The van der Waals surface area contributed by atoms with Gasteiger partial charge < -0.3 is 21.3 Å². The first kappa shape index (κ1) is 36.0. The Balaban J connectivity index is 0.948. The van der Waals surface area contributed by atoms with Crippen molar-refractivity contribution in [3.63, 3.8) is 0 Å². The molecule has 3 aliphatic heterocycles. The van der Waals surface area contributed by atoms with Gasteiger partial charge in [-0.1, -0.05) is 12.7 Å². The Morgan fingerprint density at radius 2 is 1.78 bits per heavy atom. The Morgan fingerprint density at radius 1 is 0.948 bits per heavy atom. The number of hydrogen-bond donors (Lipinski definition) is 5. The van der Waals surface area contributed by atoms with Gasteiger partial charge in [-0.3, -0.25) is 23.9 Å². The molecule has 0 bridgehead atoms. The molecule has 7 aromatic rings. The van der Waals surface area contributed by atoms with Crippen LogP contribution < -0.4 is 26.7 Å². The molecule has 0 aliphatic carbocycles. The summed E-state index contributed by atoms with van der Waals surface area (Å²) in [6.45, 7) is 8.17. The largest absolute Gasteiger partial charge is 0.328 e. The van der Waals surface area contributed by atoms with E-state index in [0.29, 0.717) is 41.8 Å². The second-order valence-corrected chi connectivity index (χ2v) is 16.0. The number of allylic oxidation sites excluding steroid dienone is 1. The molecule has 1 saturated heterocycles. The van der Waals surface area contributed by atoms with Gasteiger partial charge in [0, 0.05) is 81.5 Å². The fourth-order valence-electron chi connectivity index (χ4n) is 7.46. The second-order valence-electron chi connectivity index (χ2n) is 14.4. The molecule has 0 amide bonds. The molecule has 7 aromatic heterocycles. The highest BCUT2D eigenvalue weighted by atomic mass is 32.1. The minimum Gasteiger partial charge on any atom is -0.328 e. The van der Waals surface area contributed by atoms with E-state index in [-0.39, 0.29) is 0 Å². The number of nitrogens with one attached hydrogen (secondary N) is 5. The Bertz CT molecular complexity index is 2780. The Morgan fingerprint density at radius 3 is 2.57 bits per heavy atom. The van der Waals surface area contributed by atoms with E-state index in [2.05, 4.69) is 82.9 Å². The molecule has 1 fully saturated rings. The predicted molar refractivity (Wildman–Crippen MR) is 229 cm³/mol. The summed E-state index contributed by atoms with van der Waals surface area (Å²) in [4.78, 5) is 19.8. The third-order valence-electron chi connectivity index (χ3n) is 10.4. The molecular formula is C40H40N16S2. The van der Waals surface area contributed by atoms with Crippen LogP contribution in [-0.4, -0.2) is 85.5 Å². The SMILES string of the molecule is C=Cc1cc(Nc2nc(C3=CCCNC3)cn3c(-c4cnn(CCc5cn6c(C7=CN(C)NC#C7)cnc6c(Nc6cc(C7CCCNC7)ns6)n5)c4)cnc23)sn1. The second kappa shape index (κ2) is 15.5. The van der Waals surface area contributed by atoms with Crippen molar-refractivity contribution in [2.75, 3.05) is 43.9 Å². The van der Waals surface area contributed by atoms with Gasteiger partial charge in [0.05, 0.1) is 58.3 Å². The minimum atomic E-state index is 0.415. The molecule has 1 unspecified atom stereocenters. The zero-order valence-corrected chi connectivity index (χ0v) is 33.4. The van der Waals surface area contributed by atoms with Gasteiger partial charge in [0.1, 0.15) is 10.0 Å². The summed E-state index contributed by atoms with van der Waals surface area (Å²) in [6, 6.07) is 7.09. The summed E-state index contributed by atoms with van der Waals surface area (Å²) in [6.07, 6.45) is 21.6. The molecule has 18 heteroatoms. The fourth-order valence-corrected chi connectivity index (χ4v) is 8.83. The van der Waals surface area contributed by atoms with Crippen molar-refractivity contribution in [2.45, 2.75) is 38.1 Å². The van der Waals surface area contributed by atoms with Crippen LogP contribution in [0.2, 0.25) is 0 Å². The van der Waals surface area contributed by atoms with E-state index in [1.807, 2.05) is 53.8 Å². The Hall–Kier alpha value is -6.39. The van der Waals surface area contributed by atoms with Gasteiger partial charge in [-0.2, -0.15) is 13.8 Å². The zero-order chi connectivity index (χ0) is 39.0. The molecule has 3 aliphatic rings. The van der Waals surface area contributed by atoms with Crippen LogP contribution in [0.5, 0.6) is 0 Å². The van der Waals surface area contributed by atoms with Crippen molar-refractivity contribution in [1.82, 2.24) is 68.3 Å². The van der Waals surface area contributed by atoms with Gasteiger partial charge >= 0.3 is 0 Å². The van der Waals surface area contributed by atoms with E-state index in [1.54, 1.807) is 6.08 Å². The van der Waals surface area contributed by atoms with Crippen LogP contribution in [-0.2, 0) is 13.0 Å². The van der Waals surface area contributed by atoms with Gasteiger partial charge in [-0.25, -0.2) is 19.9 Å². The number of fused-ring (bicyclic) bond motifs is 2. The lowest BCUT2D eigenvalue weighted by atomic mass is 9.96. The van der Waals surface area contributed by atoms with E-state index < -0.39 is 0 Å². The highest BCUT2D eigenvalue weighted by molar-refractivity contribution is 7.10. The number of rotatable bonds is 12. The van der Waals surface area contributed by atoms with Crippen molar-refractivity contribution < 1.29 is 0 Å². The van der Waals surface area contributed by atoms with Gasteiger partial charge in [-0.15, -0.1) is 0 Å². The maximum atomic E-state index is 5.11. The normalized spacial score (nSPS) is 16.8. The molecule has 0 radical (unpaired) electrons. The van der Waals surface area contributed by atoms with Gasteiger partial charge in [0.25, 0.3) is 0 Å². The number of piperidine rings is 1. The van der Waals surface area contributed by atoms with E-state index >= 15 is 0 Å². The quantitative estimate of drug-likeness (QED) is 0.0982. The lowest BCUT2D eigenvalue weighted by molar-refractivity contribution is 0.397. The van der Waals surface area contributed by atoms with Gasteiger partial charge in [0.15, 0.2) is 22.9 Å². The highest BCUT2D eigenvalue weighted by Gasteiger charge is 2.21. The molecule has 10 heterocycles. The fraction of sp³-hybridized carbons (Fsp3) is 0.275. The monoisotopic (exact) mass is 808 g/mol. The summed E-state index contributed by atoms with van der Waals surface area (Å²) in [7, 11) is 1.92. The minimum absolute atomic E-state index is 0.415. The first-order valence-electron chi connectivity index (χ1n) is 19.2. The maximum absolute atomic E-state index is 5.11. The summed E-state index contributed by atoms with van der Waals surface area (Å²) < 4.78 is 15.4. The Labute approximate surface area is 342 Å². The molecule has 0 aromatic carbocycles. The Kier molecular flexibility index (Phi) is 9.62. The molecule has 10 rings (SSSR count). The lowest BCUT2D eigenvalue weighted by Crippen LogP contribution is -2.28. The van der Waals surface area contributed by atoms with Crippen LogP contribution in [0.4, 0.5) is 21.6 Å². The number of hydrogen-bond acceptors (Lipinski definition) is 15. The number of hydrazine groups is 1. The molecule has 16 nitrogen and oxygen atoms in total. The van der Waals surface area contributed by atoms with Crippen molar-refractivity contribution in [3.8, 4) is 23.2 Å². The summed E-state index contributed by atoms with van der Waals surface area (Å²) in [5.41, 5.74) is 12.8. The van der Waals surface area contributed by atoms with Crippen LogP contribution >= 0.6 is 23.1 Å². The zero-order valence-electron chi connectivity index (χ0n) is 31.7. The summed E-state index contributed by atoms with van der Waals surface area (Å²) in [5.74, 6) is 4.94. The number of aryl methyl sites for hydroxylation is 2. The third-order valence-corrected chi connectivity index (χ3v) is 11.8. The lowest BCUT2D eigenvalue weighted by Gasteiger charge is -2.20. The van der Waals surface area contributed by atoms with Crippen LogP contribution in [0.3, 0.4) is 0 Å². The molecule has 292 valence electrons. The standard InChI is InChI=1S/C40H40N16S2/c1-3-29-14-35(57-51-29)49-38-40-44-20-34(56(40)24-32(48-38)26-7-5-11-42-17-26)28-18-46-54(22-28)13-9-30-23-55-33(27-8-12-45-53(2)21-27)19-43-39(55)37(47-30)50-36-15-31(52-58-36)25-6-4-10-41-16-25/h3,7,14-15,18-25,41-42,45H,1,4-6,9-11,13,16-17H2,2H3,(H,47,50)(H,48,49). The molecule has 0 saturated carbocycles. The number of aromatic nitrogens is 10.